The minimum absolute atomic E-state index is 0.0379. The summed E-state index contributed by atoms with van der Waals surface area (Å²) in [7, 11) is 0. The van der Waals surface area contributed by atoms with Gasteiger partial charge >= 0.3 is 0 Å². The van der Waals surface area contributed by atoms with Gasteiger partial charge in [-0.25, -0.2) is 4.98 Å². The molecule has 1 aromatic carbocycles. The van der Waals surface area contributed by atoms with Crippen molar-refractivity contribution >= 4 is 68.2 Å². The van der Waals surface area contributed by atoms with Crippen LogP contribution in [0.1, 0.15) is 23.8 Å². The van der Waals surface area contributed by atoms with Gasteiger partial charge in [-0.2, -0.15) is 0 Å². The Balaban J connectivity index is 1.52. The third-order valence-electron chi connectivity index (χ3n) is 3.80. The monoisotopic (exact) mass is 425 g/mol. The summed E-state index contributed by atoms with van der Waals surface area (Å²) in [6.45, 7) is 2.11. The van der Waals surface area contributed by atoms with Crippen LogP contribution in [0.4, 0.5) is 5.13 Å². The highest BCUT2D eigenvalue weighted by Crippen LogP contribution is 2.27. The predicted molar refractivity (Wildman–Crippen MR) is 111 cm³/mol. The number of carbonyl (C=O) groups is 2. The van der Waals surface area contributed by atoms with Crippen molar-refractivity contribution in [3.8, 4) is 0 Å². The fourth-order valence-electron chi connectivity index (χ4n) is 2.45. The van der Waals surface area contributed by atoms with Crippen molar-refractivity contribution in [2.45, 2.75) is 25.0 Å². The first kappa shape index (κ1) is 19.3. The van der Waals surface area contributed by atoms with Crippen LogP contribution in [-0.2, 0) is 16.0 Å². The molecule has 1 N–H and O–H groups in total. The van der Waals surface area contributed by atoms with E-state index in [4.69, 9.17) is 23.8 Å². The SMILES string of the molecule is CC1SC(=S)N(CCC(=O)Nc2ncc(Cc3ccccc3Cl)s2)C1=O. The molecule has 2 aromatic rings. The summed E-state index contributed by atoms with van der Waals surface area (Å²) < 4.78 is 0.534. The van der Waals surface area contributed by atoms with Gasteiger partial charge in [0.2, 0.25) is 11.8 Å². The second-order valence-electron chi connectivity index (χ2n) is 5.71. The lowest BCUT2D eigenvalue weighted by molar-refractivity contribution is -0.126. The third-order valence-corrected chi connectivity index (χ3v) is 6.56. The van der Waals surface area contributed by atoms with Gasteiger partial charge in [0.1, 0.15) is 4.32 Å². The number of thiocarbonyl (C=S) groups is 1. The fraction of sp³-hybridized carbons (Fsp3) is 0.294. The number of nitrogens with zero attached hydrogens (tertiary/aromatic N) is 2. The quantitative estimate of drug-likeness (QED) is 0.709. The van der Waals surface area contributed by atoms with Gasteiger partial charge in [0.25, 0.3) is 0 Å². The molecule has 2 heterocycles. The molecule has 1 atom stereocenters. The zero-order valence-corrected chi connectivity index (χ0v) is 17.1. The maximum absolute atomic E-state index is 12.1. The van der Waals surface area contributed by atoms with Crippen molar-refractivity contribution < 1.29 is 9.59 Å². The molecule has 26 heavy (non-hydrogen) atoms. The molecule has 9 heteroatoms. The highest BCUT2D eigenvalue weighted by molar-refractivity contribution is 8.24. The number of rotatable bonds is 6. The Morgan fingerprint density at radius 2 is 2.19 bits per heavy atom. The summed E-state index contributed by atoms with van der Waals surface area (Å²) >= 11 is 14.1. The number of benzene rings is 1. The Kier molecular flexibility index (Phi) is 6.29. The Bertz CT molecular complexity index is 855. The fourth-order valence-corrected chi connectivity index (χ4v) is 4.96. The number of carbonyl (C=O) groups excluding carboxylic acids is 2. The van der Waals surface area contributed by atoms with E-state index in [-0.39, 0.29) is 23.5 Å². The van der Waals surface area contributed by atoms with Crippen molar-refractivity contribution in [1.82, 2.24) is 9.88 Å². The Morgan fingerprint density at radius 1 is 1.42 bits per heavy atom. The number of aromatic nitrogens is 1. The highest BCUT2D eigenvalue weighted by atomic mass is 35.5. The third kappa shape index (κ3) is 4.62. The molecule has 1 aliphatic heterocycles. The summed E-state index contributed by atoms with van der Waals surface area (Å²) in [5.74, 6) is -0.229. The van der Waals surface area contributed by atoms with Gasteiger partial charge in [0, 0.05) is 35.5 Å². The highest BCUT2D eigenvalue weighted by Gasteiger charge is 2.33. The Morgan fingerprint density at radius 3 is 2.88 bits per heavy atom. The minimum atomic E-state index is -0.191. The van der Waals surface area contributed by atoms with Gasteiger partial charge in [-0.3, -0.25) is 14.5 Å². The van der Waals surface area contributed by atoms with Gasteiger partial charge in [-0.15, -0.1) is 11.3 Å². The number of amides is 2. The molecule has 5 nitrogen and oxygen atoms in total. The first-order chi connectivity index (χ1) is 12.4. The molecule has 136 valence electrons. The lowest BCUT2D eigenvalue weighted by Gasteiger charge is -2.14. The molecule has 1 aromatic heterocycles. The van der Waals surface area contributed by atoms with E-state index in [1.807, 2.05) is 31.2 Å². The minimum Gasteiger partial charge on any atom is -0.302 e. The number of thioether (sulfide) groups is 1. The summed E-state index contributed by atoms with van der Waals surface area (Å²) in [5.41, 5.74) is 1.02. The Labute approximate surface area is 170 Å². The van der Waals surface area contributed by atoms with E-state index in [0.29, 0.717) is 27.4 Å². The number of hydrogen-bond donors (Lipinski definition) is 1. The molecule has 1 unspecified atom stereocenters. The van der Waals surface area contributed by atoms with E-state index in [2.05, 4.69) is 10.3 Å². The molecule has 0 aliphatic carbocycles. The zero-order chi connectivity index (χ0) is 18.7. The van der Waals surface area contributed by atoms with Gasteiger partial charge in [-0.05, 0) is 18.6 Å². The van der Waals surface area contributed by atoms with Crippen LogP contribution >= 0.6 is 46.9 Å². The molecule has 0 spiro atoms. The number of thiazole rings is 1. The molecule has 0 saturated carbocycles. The maximum atomic E-state index is 12.1. The molecule has 0 radical (unpaired) electrons. The van der Waals surface area contributed by atoms with Gasteiger partial charge in [-0.1, -0.05) is 53.8 Å². The van der Waals surface area contributed by atoms with E-state index in [0.717, 1.165) is 10.4 Å². The molecule has 1 aliphatic rings. The second-order valence-corrected chi connectivity index (χ2v) is 9.21. The van der Waals surface area contributed by atoms with E-state index in [1.54, 1.807) is 6.20 Å². The van der Waals surface area contributed by atoms with E-state index in [9.17, 15) is 9.59 Å². The van der Waals surface area contributed by atoms with E-state index in [1.165, 1.54) is 28.0 Å². The van der Waals surface area contributed by atoms with Crippen LogP contribution in [0.3, 0.4) is 0 Å². The summed E-state index contributed by atoms with van der Waals surface area (Å²) in [6, 6.07) is 7.65. The molecule has 3 rings (SSSR count). The van der Waals surface area contributed by atoms with Crippen LogP contribution in [0.2, 0.25) is 5.02 Å². The van der Waals surface area contributed by atoms with E-state index < -0.39 is 0 Å². The standard InChI is InChI=1S/C17H16ClN3O2S3/c1-10-15(23)21(17(24)25-10)7-6-14(22)20-16-19-9-12(26-16)8-11-4-2-3-5-13(11)18/h2-5,9-10H,6-8H2,1H3,(H,19,20,22). The Hall–Kier alpha value is -1.48. The summed E-state index contributed by atoms with van der Waals surface area (Å²) in [6.07, 6.45) is 2.58. The first-order valence-electron chi connectivity index (χ1n) is 7.94. The molecule has 0 bridgehead atoms. The molecule has 2 amide bonds. The van der Waals surface area contributed by atoms with Crippen molar-refractivity contribution in [1.29, 1.82) is 0 Å². The number of anilines is 1. The lowest BCUT2D eigenvalue weighted by atomic mass is 10.1. The van der Waals surface area contributed by atoms with Crippen LogP contribution < -0.4 is 5.32 Å². The summed E-state index contributed by atoms with van der Waals surface area (Å²) in [4.78, 5) is 30.8. The van der Waals surface area contributed by atoms with E-state index >= 15 is 0 Å². The maximum Gasteiger partial charge on any atom is 0.241 e. The number of nitrogens with one attached hydrogen (secondary N) is 1. The molecular weight excluding hydrogens is 410 g/mol. The summed E-state index contributed by atoms with van der Waals surface area (Å²) in [5, 5.41) is 3.86. The largest absolute Gasteiger partial charge is 0.302 e. The zero-order valence-electron chi connectivity index (χ0n) is 13.9. The molecule has 1 fully saturated rings. The van der Waals surface area contributed by atoms with Crippen molar-refractivity contribution in [3.63, 3.8) is 0 Å². The average Bonchev–Trinajstić information content (AvgIpc) is 3.13. The van der Waals surface area contributed by atoms with Crippen molar-refractivity contribution in [2.75, 3.05) is 11.9 Å². The lowest BCUT2D eigenvalue weighted by Crippen LogP contribution is -2.33. The second kappa shape index (κ2) is 8.47. The molecule has 1 saturated heterocycles. The van der Waals surface area contributed by atoms with Crippen LogP contribution in [0.15, 0.2) is 30.5 Å². The van der Waals surface area contributed by atoms with Gasteiger partial charge < -0.3 is 5.32 Å². The van der Waals surface area contributed by atoms with Crippen LogP contribution in [0.25, 0.3) is 0 Å². The molecular formula is C17H16ClN3O2S3. The van der Waals surface area contributed by atoms with Crippen LogP contribution in [-0.4, -0.2) is 37.8 Å². The predicted octanol–water partition coefficient (Wildman–Crippen LogP) is 3.96. The number of hydrogen-bond acceptors (Lipinski definition) is 6. The average molecular weight is 426 g/mol. The van der Waals surface area contributed by atoms with Gasteiger partial charge in [0.15, 0.2) is 5.13 Å². The topological polar surface area (TPSA) is 62.3 Å². The normalized spacial score (nSPS) is 17.0. The van der Waals surface area contributed by atoms with Crippen molar-refractivity contribution in [3.05, 3.63) is 45.9 Å². The van der Waals surface area contributed by atoms with Crippen molar-refractivity contribution in [2.24, 2.45) is 0 Å². The smallest absolute Gasteiger partial charge is 0.241 e. The van der Waals surface area contributed by atoms with Crippen LogP contribution in [0.5, 0.6) is 0 Å². The van der Waals surface area contributed by atoms with Crippen LogP contribution in [0, 0.1) is 0 Å². The van der Waals surface area contributed by atoms with Gasteiger partial charge in [0.05, 0.1) is 5.25 Å². The number of halogens is 1. The first-order valence-corrected chi connectivity index (χ1v) is 10.4.